The molecule has 0 bridgehead atoms. The lowest BCUT2D eigenvalue weighted by atomic mass is 10.0. The Morgan fingerprint density at radius 2 is 1.54 bits per heavy atom. The molecule has 4 nitrogen and oxygen atoms in total. The normalized spacial score (nSPS) is 17.3. The monoisotopic (exact) mass is 354 g/mol. The van der Waals surface area contributed by atoms with E-state index in [0.717, 1.165) is 18.7 Å². The number of benzene rings is 2. The van der Waals surface area contributed by atoms with Gasteiger partial charge in [0.15, 0.2) is 0 Å². The van der Waals surface area contributed by atoms with Crippen molar-refractivity contribution < 1.29 is 10.2 Å². The summed E-state index contributed by atoms with van der Waals surface area (Å²) < 4.78 is 0. The van der Waals surface area contributed by atoms with Crippen molar-refractivity contribution >= 4 is 0 Å². The molecule has 0 aromatic heterocycles. The molecule has 2 aromatic carbocycles. The first kappa shape index (κ1) is 19.1. The summed E-state index contributed by atoms with van der Waals surface area (Å²) in [5.41, 5.74) is 3.50. The molecule has 0 saturated carbocycles. The fraction of sp³-hybridized carbons (Fsp3) is 0.455. The maximum Gasteiger partial charge on any atom is 0.0815 e. The summed E-state index contributed by atoms with van der Waals surface area (Å²) in [5.74, 6) is 0. The van der Waals surface area contributed by atoms with Crippen LogP contribution < -0.4 is 5.32 Å². The van der Waals surface area contributed by atoms with Gasteiger partial charge in [-0.1, -0.05) is 54.6 Å². The predicted octanol–water partition coefficient (Wildman–Crippen LogP) is 2.86. The third-order valence-electron chi connectivity index (χ3n) is 5.09. The molecule has 1 aliphatic heterocycles. The Bertz CT molecular complexity index is 656. The molecule has 1 saturated heterocycles. The van der Waals surface area contributed by atoms with E-state index in [0.29, 0.717) is 13.0 Å². The molecule has 3 rings (SSSR count). The minimum absolute atomic E-state index is 0.340. The molecule has 0 aliphatic carbocycles. The molecule has 26 heavy (non-hydrogen) atoms. The van der Waals surface area contributed by atoms with Gasteiger partial charge in [0.05, 0.1) is 12.2 Å². The van der Waals surface area contributed by atoms with E-state index in [1.807, 2.05) is 30.3 Å². The number of rotatable bonds is 9. The van der Waals surface area contributed by atoms with E-state index >= 15 is 0 Å². The third-order valence-corrected chi connectivity index (χ3v) is 5.09. The first-order valence-electron chi connectivity index (χ1n) is 9.63. The molecule has 0 radical (unpaired) electrons. The van der Waals surface area contributed by atoms with E-state index in [1.54, 1.807) is 0 Å². The average Bonchev–Trinajstić information content (AvgIpc) is 3.17. The lowest BCUT2D eigenvalue weighted by Crippen LogP contribution is -2.28. The first-order valence-corrected chi connectivity index (χ1v) is 9.63. The van der Waals surface area contributed by atoms with Crippen LogP contribution in [0.4, 0.5) is 0 Å². The van der Waals surface area contributed by atoms with Crippen LogP contribution in [0.25, 0.3) is 0 Å². The zero-order valence-electron chi connectivity index (χ0n) is 15.3. The van der Waals surface area contributed by atoms with Gasteiger partial charge in [0.25, 0.3) is 0 Å². The number of nitrogens with one attached hydrogen (secondary N) is 1. The minimum Gasteiger partial charge on any atom is -0.392 e. The van der Waals surface area contributed by atoms with Gasteiger partial charge in [-0.25, -0.2) is 0 Å². The zero-order valence-corrected chi connectivity index (χ0v) is 15.3. The second kappa shape index (κ2) is 9.83. The van der Waals surface area contributed by atoms with Gasteiger partial charge in [-0.2, -0.15) is 0 Å². The van der Waals surface area contributed by atoms with Gasteiger partial charge in [0.2, 0.25) is 0 Å². The van der Waals surface area contributed by atoms with Crippen LogP contribution in [0.15, 0.2) is 54.6 Å². The van der Waals surface area contributed by atoms with Crippen LogP contribution in [0.2, 0.25) is 0 Å². The van der Waals surface area contributed by atoms with Gasteiger partial charge in [0.1, 0.15) is 0 Å². The largest absolute Gasteiger partial charge is 0.392 e. The van der Waals surface area contributed by atoms with Crippen molar-refractivity contribution in [2.75, 3.05) is 19.6 Å². The van der Waals surface area contributed by atoms with Crippen LogP contribution in [0.3, 0.4) is 0 Å². The van der Waals surface area contributed by atoms with Crippen molar-refractivity contribution in [2.24, 2.45) is 0 Å². The van der Waals surface area contributed by atoms with Crippen LogP contribution in [0, 0.1) is 0 Å². The van der Waals surface area contributed by atoms with E-state index in [9.17, 15) is 10.2 Å². The third kappa shape index (κ3) is 5.64. The molecule has 2 aromatic rings. The molecular formula is C22H30N2O2. The molecule has 2 unspecified atom stereocenters. The fourth-order valence-corrected chi connectivity index (χ4v) is 3.59. The van der Waals surface area contributed by atoms with E-state index < -0.39 is 12.2 Å². The molecular weight excluding hydrogens is 324 g/mol. The standard InChI is InChI=1S/C22H30N2O2/c25-21(14-22(26)18-8-2-1-3-9-18)16-23-15-19-10-4-5-11-20(19)17-24-12-6-7-13-24/h1-5,8-11,21-23,25-26H,6-7,12-17H2. The van der Waals surface area contributed by atoms with Crippen LogP contribution in [0.5, 0.6) is 0 Å². The molecule has 2 atom stereocenters. The Labute approximate surface area is 156 Å². The van der Waals surface area contributed by atoms with Gasteiger partial charge in [-0.05, 0) is 42.6 Å². The SMILES string of the molecule is OC(CNCc1ccccc1CN1CCCC1)CC(O)c1ccccc1. The lowest BCUT2D eigenvalue weighted by Gasteiger charge is -2.19. The van der Waals surface area contributed by atoms with E-state index in [1.165, 1.54) is 37.1 Å². The highest BCUT2D eigenvalue weighted by atomic mass is 16.3. The van der Waals surface area contributed by atoms with Crippen molar-refractivity contribution in [1.29, 1.82) is 0 Å². The summed E-state index contributed by atoms with van der Waals surface area (Å²) in [5, 5.41) is 23.8. The Kier molecular flexibility index (Phi) is 7.21. The minimum atomic E-state index is -0.629. The molecule has 0 spiro atoms. The molecule has 4 heteroatoms. The van der Waals surface area contributed by atoms with E-state index in [-0.39, 0.29) is 0 Å². The van der Waals surface area contributed by atoms with Gasteiger partial charge in [-0.3, -0.25) is 4.90 Å². The number of aliphatic hydroxyl groups is 2. The summed E-state index contributed by atoms with van der Waals surface area (Å²) >= 11 is 0. The highest BCUT2D eigenvalue weighted by Gasteiger charge is 2.15. The lowest BCUT2D eigenvalue weighted by molar-refractivity contribution is 0.0799. The van der Waals surface area contributed by atoms with E-state index in [4.69, 9.17) is 0 Å². The average molecular weight is 354 g/mol. The van der Waals surface area contributed by atoms with Gasteiger partial charge in [0, 0.05) is 26.1 Å². The molecule has 140 valence electrons. The molecule has 1 fully saturated rings. The van der Waals surface area contributed by atoms with E-state index in [2.05, 4.69) is 34.5 Å². The quantitative estimate of drug-likeness (QED) is 0.648. The maximum atomic E-state index is 10.2. The topological polar surface area (TPSA) is 55.7 Å². The van der Waals surface area contributed by atoms with Crippen LogP contribution in [-0.2, 0) is 13.1 Å². The molecule has 3 N–H and O–H groups in total. The first-order chi connectivity index (χ1) is 12.7. The predicted molar refractivity (Wildman–Crippen MR) is 105 cm³/mol. The fourth-order valence-electron chi connectivity index (χ4n) is 3.59. The number of aliphatic hydroxyl groups excluding tert-OH is 2. The number of nitrogens with zero attached hydrogens (tertiary/aromatic N) is 1. The van der Waals surface area contributed by atoms with Crippen LogP contribution >= 0.6 is 0 Å². The van der Waals surface area contributed by atoms with Crippen LogP contribution in [0.1, 0.15) is 42.1 Å². The van der Waals surface area contributed by atoms with Crippen molar-refractivity contribution in [3.8, 4) is 0 Å². The maximum absolute atomic E-state index is 10.2. The number of likely N-dealkylation sites (tertiary alicyclic amines) is 1. The smallest absolute Gasteiger partial charge is 0.0815 e. The van der Waals surface area contributed by atoms with Gasteiger partial charge < -0.3 is 15.5 Å². The Balaban J connectivity index is 1.45. The highest BCUT2D eigenvalue weighted by molar-refractivity contribution is 5.27. The second-order valence-corrected chi connectivity index (χ2v) is 7.20. The van der Waals surface area contributed by atoms with Gasteiger partial charge in [-0.15, -0.1) is 0 Å². The Morgan fingerprint density at radius 1 is 0.885 bits per heavy atom. The summed E-state index contributed by atoms with van der Waals surface area (Å²) in [7, 11) is 0. The summed E-state index contributed by atoms with van der Waals surface area (Å²) in [6, 6.07) is 18.0. The number of hydrogen-bond acceptors (Lipinski definition) is 4. The molecule has 0 amide bonds. The van der Waals surface area contributed by atoms with Crippen molar-refractivity contribution in [3.63, 3.8) is 0 Å². The molecule has 1 heterocycles. The second-order valence-electron chi connectivity index (χ2n) is 7.20. The summed E-state index contributed by atoms with van der Waals surface area (Å²) in [6.45, 7) is 4.60. The summed E-state index contributed by atoms with van der Waals surface area (Å²) in [4.78, 5) is 2.50. The van der Waals surface area contributed by atoms with Crippen LogP contribution in [-0.4, -0.2) is 40.9 Å². The molecule has 1 aliphatic rings. The van der Waals surface area contributed by atoms with Crippen molar-refractivity contribution in [1.82, 2.24) is 10.2 Å². The Hall–Kier alpha value is -1.72. The zero-order chi connectivity index (χ0) is 18.2. The van der Waals surface area contributed by atoms with Crippen molar-refractivity contribution in [2.45, 2.75) is 44.6 Å². The van der Waals surface area contributed by atoms with Gasteiger partial charge >= 0.3 is 0 Å². The summed E-state index contributed by atoms with van der Waals surface area (Å²) in [6.07, 6.45) is 1.74. The number of hydrogen-bond donors (Lipinski definition) is 3. The van der Waals surface area contributed by atoms with Crippen molar-refractivity contribution in [3.05, 3.63) is 71.3 Å². The Morgan fingerprint density at radius 3 is 2.27 bits per heavy atom. The highest BCUT2D eigenvalue weighted by Crippen LogP contribution is 2.18.